The second kappa shape index (κ2) is 10.0. The molecule has 2 aromatic rings. The van der Waals surface area contributed by atoms with E-state index < -0.39 is 17.8 Å². The number of carbonyl (C=O) groups is 3. The molecule has 30 heavy (non-hydrogen) atoms. The third-order valence-corrected chi connectivity index (χ3v) is 5.76. The third kappa shape index (κ3) is 5.04. The van der Waals surface area contributed by atoms with Gasteiger partial charge in [0.05, 0.1) is 25.5 Å². The van der Waals surface area contributed by atoms with Crippen molar-refractivity contribution in [3.8, 4) is 5.75 Å². The van der Waals surface area contributed by atoms with Gasteiger partial charge in [0, 0.05) is 4.88 Å². The number of benzene rings is 1. The number of hydrazone groups is 1. The number of hydrogen-bond acceptors (Lipinski definition) is 7. The van der Waals surface area contributed by atoms with E-state index in [2.05, 4.69) is 15.8 Å². The summed E-state index contributed by atoms with van der Waals surface area (Å²) in [4.78, 5) is 38.0. The molecular weight excluding hydrogens is 406 g/mol. The number of anilines is 1. The van der Waals surface area contributed by atoms with Crippen LogP contribution in [0.15, 0.2) is 29.4 Å². The minimum Gasteiger partial charge on any atom is -0.497 e. The molecule has 0 aliphatic heterocycles. The molecule has 9 heteroatoms. The molecule has 0 saturated carbocycles. The zero-order chi connectivity index (χ0) is 21.5. The molecule has 1 aromatic carbocycles. The van der Waals surface area contributed by atoms with E-state index in [1.807, 2.05) is 0 Å². The van der Waals surface area contributed by atoms with Gasteiger partial charge in [-0.1, -0.05) is 12.1 Å². The maximum atomic E-state index is 12.4. The highest BCUT2D eigenvalue weighted by Gasteiger charge is 2.28. The topological polar surface area (TPSA) is 106 Å². The van der Waals surface area contributed by atoms with Crippen LogP contribution in [0.3, 0.4) is 0 Å². The van der Waals surface area contributed by atoms with Crippen molar-refractivity contribution < 1.29 is 23.9 Å². The normalized spacial score (nSPS) is 12.9. The SMILES string of the molecule is CCOC(=O)c1c(NC(=O)C(=O)N/N=C\c2cccc(OC)c2)sc2c1CCCC2. The Kier molecular flexibility index (Phi) is 7.18. The van der Waals surface area contributed by atoms with Crippen molar-refractivity contribution in [1.29, 1.82) is 0 Å². The molecule has 1 aliphatic carbocycles. The summed E-state index contributed by atoms with van der Waals surface area (Å²) < 4.78 is 10.3. The van der Waals surface area contributed by atoms with Crippen molar-refractivity contribution in [1.82, 2.24) is 5.43 Å². The first-order chi connectivity index (χ1) is 14.5. The van der Waals surface area contributed by atoms with Gasteiger partial charge >= 0.3 is 17.8 Å². The zero-order valence-electron chi connectivity index (χ0n) is 16.8. The molecular formula is C21H23N3O5S. The molecule has 8 nitrogen and oxygen atoms in total. The summed E-state index contributed by atoms with van der Waals surface area (Å²) in [5.74, 6) is -1.67. The van der Waals surface area contributed by atoms with Gasteiger partial charge < -0.3 is 14.8 Å². The molecule has 2 amide bonds. The lowest BCUT2D eigenvalue weighted by Gasteiger charge is -2.12. The number of esters is 1. The molecule has 158 valence electrons. The Morgan fingerprint density at radius 3 is 2.77 bits per heavy atom. The Morgan fingerprint density at radius 1 is 1.20 bits per heavy atom. The van der Waals surface area contributed by atoms with Gasteiger partial charge in [-0.2, -0.15) is 5.10 Å². The number of methoxy groups -OCH3 is 1. The minimum absolute atomic E-state index is 0.232. The molecule has 0 radical (unpaired) electrons. The first-order valence-corrected chi connectivity index (χ1v) is 10.4. The number of amides is 2. The first kappa shape index (κ1) is 21.5. The van der Waals surface area contributed by atoms with E-state index in [1.54, 1.807) is 38.3 Å². The monoisotopic (exact) mass is 429 g/mol. The molecule has 1 aliphatic rings. The van der Waals surface area contributed by atoms with Gasteiger partial charge in [-0.25, -0.2) is 10.2 Å². The van der Waals surface area contributed by atoms with E-state index in [1.165, 1.54) is 17.6 Å². The van der Waals surface area contributed by atoms with Gasteiger partial charge in [-0.3, -0.25) is 9.59 Å². The number of fused-ring (bicyclic) bond motifs is 1. The minimum atomic E-state index is -0.935. The lowest BCUT2D eigenvalue weighted by molar-refractivity contribution is -0.136. The molecule has 0 spiro atoms. The first-order valence-electron chi connectivity index (χ1n) is 9.63. The van der Waals surface area contributed by atoms with Crippen LogP contribution in [-0.4, -0.2) is 37.7 Å². The number of nitrogens with zero attached hydrogens (tertiary/aromatic N) is 1. The van der Waals surface area contributed by atoms with E-state index in [4.69, 9.17) is 9.47 Å². The summed E-state index contributed by atoms with van der Waals surface area (Å²) >= 11 is 1.32. The van der Waals surface area contributed by atoms with Crippen molar-refractivity contribution >= 4 is 40.3 Å². The van der Waals surface area contributed by atoms with E-state index in [0.717, 1.165) is 36.1 Å². The number of hydrogen-bond donors (Lipinski definition) is 2. The summed E-state index contributed by atoms with van der Waals surface area (Å²) in [6, 6.07) is 7.08. The molecule has 0 atom stereocenters. The molecule has 0 fully saturated rings. The van der Waals surface area contributed by atoms with E-state index in [9.17, 15) is 14.4 Å². The van der Waals surface area contributed by atoms with Gasteiger partial charge in [0.25, 0.3) is 0 Å². The zero-order valence-corrected chi connectivity index (χ0v) is 17.6. The van der Waals surface area contributed by atoms with Crippen molar-refractivity contribution in [3.05, 3.63) is 45.8 Å². The van der Waals surface area contributed by atoms with Crippen molar-refractivity contribution in [2.75, 3.05) is 19.0 Å². The van der Waals surface area contributed by atoms with E-state index >= 15 is 0 Å². The molecule has 0 saturated heterocycles. The fourth-order valence-corrected chi connectivity index (χ4v) is 4.44. The van der Waals surface area contributed by atoms with Crippen molar-refractivity contribution in [3.63, 3.8) is 0 Å². The van der Waals surface area contributed by atoms with Gasteiger partial charge in [0.1, 0.15) is 10.8 Å². The molecule has 0 unspecified atom stereocenters. The fraction of sp³-hybridized carbons (Fsp3) is 0.333. The predicted molar refractivity (Wildman–Crippen MR) is 114 cm³/mol. The van der Waals surface area contributed by atoms with Crippen LogP contribution < -0.4 is 15.5 Å². The molecule has 1 aromatic heterocycles. The lowest BCUT2D eigenvalue weighted by Crippen LogP contribution is -2.32. The van der Waals surface area contributed by atoms with Gasteiger partial charge in [-0.15, -0.1) is 11.3 Å². The summed E-state index contributed by atoms with van der Waals surface area (Å²) in [7, 11) is 1.55. The number of aryl methyl sites for hydroxylation is 1. The Labute approximate surface area is 178 Å². The Balaban J connectivity index is 1.69. The number of rotatable bonds is 6. The van der Waals surface area contributed by atoms with Crippen LogP contribution in [0.5, 0.6) is 5.75 Å². The average molecular weight is 429 g/mol. The van der Waals surface area contributed by atoms with Crippen molar-refractivity contribution in [2.45, 2.75) is 32.6 Å². The smallest absolute Gasteiger partial charge is 0.341 e. The van der Waals surface area contributed by atoms with Gasteiger partial charge in [0.15, 0.2) is 0 Å². The maximum Gasteiger partial charge on any atom is 0.341 e. The summed E-state index contributed by atoms with van der Waals surface area (Å²) in [6.07, 6.45) is 5.01. The Morgan fingerprint density at radius 2 is 2.00 bits per heavy atom. The maximum absolute atomic E-state index is 12.4. The molecule has 3 rings (SSSR count). The van der Waals surface area contributed by atoms with Crippen LogP contribution in [0.2, 0.25) is 0 Å². The molecule has 0 bridgehead atoms. The second-order valence-corrected chi connectivity index (χ2v) is 7.67. The highest BCUT2D eigenvalue weighted by atomic mass is 32.1. The standard InChI is InChI=1S/C21H23N3O5S/c1-3-29-21(27)17-15-9-4-5-10-16(15)30-20(17)23-18(25)19(26)24-22-12-13-7-6-8-14(11-13)28-2/h6-8,11-12H,3-5,9-10H2,1-2H3,(H,23,25)(H,24,26)/b22-12-. The van der Waals surface area contributed by atoms with Gasteiger partial charge in [-0.05, 0) is 55.9 Å². The fourth-order valence-electron chi connectivity index (χ4n) is 3.17. The highest BCUT2D eigenvalue weighted by Crippen LogP contribution is 2.38. The number of thiophene rings is 1. The average Bonchev–Trinajstić information content (AvgIpc) is 3.11. The quantitative estimate of drug-likeness (QED) is 0.318. The van der Waals surface area contributed by atoms with Gasteiger partial charge in [0.2, 0.25) is 0 Å². The summed E-state index contributed by atoms with van der Waals surface area (Å²) in [5.41, 5.74) is 4.16. The molecule has 1 heterocycles. The largest absolute Gasteiger partial charge is 0.497 e. The van der Waals surface area contributed by atoms with Crippen LogP contribution in [0.25, 0.3) is 0 Å². The summed E-state index contributed by atoms with van der Waals surface area (Å²) in [5, 5.41) is 6.69. The highest BCUT2D eigenvalue weighted by molar-refractivity contribution is 7.17. The second-order valence-electron chi connectivity index (χ2n) is 6.57. The molecule has 2 N–H and O–H groups in total. The third-order valence-electron chi connectivity index (χ3n) is 4.56. The Bertz CT molecular complexity index is 983. The number of ether oxygens (including phenoxy) is 2. The van der Waals surface area contributed by atoms with Crippen LogP contribution in [0.1, 0.15) is 46.1 Å². The van der Waals surface area contributed by atoms with Crippen LogP contribution in [0.4, 0.5) is 5.00 Å². The van der Waals surface area contributed by atoms with E-state index in [-0.39, 0.29) is 6.61 Å². The summed E-state index contributed by atoms with van der Waals surface area (Å²) in [6.45, 7) is 1.96. The predicted octanol–water partition coefficient (Wildman–Crippen LogP) is 2.90. The number of carbonyl (C=O) groups excluding carboxylic acids is 3. The van der Waals surface area contributed by atoms with Crippen LogP contribution >= 0.6 is 11.3 Å². The van der Waals surface area contributed by atoms with Crippen LogP contribution in [-0.2, 0) is 27.2 Å². The number of nitrogens with one attached hydrogen (secondary N) is 2. The van der Waals surface area contributed by atoms with Crippen LogP contribution in [0, 0.1) is 0 Å². The van der Waals surface area contributed by atoms with E-state index in [0.29, 0.717) is 21.9 Å². The Hall–Kier alpha value is -3.20. The lowest BCUT2D eigenvalue weighted by atomic mass is 9.95. The van der Waals surface area contributed by atoms with Crippen molar-refractivity contribution in [2.24, 2.45) is 5.10 Å².